The molecule has 1 aromatic rings. The van der Waals surface area contributed by atoms with Crippen molar-refractivity contribution in [2.45, 2.75) is 26.4 Å². The summed E-state index contributed by atoms with van der Waals surface area (Å²) in [4.78, 5) is 13.4. The first kappa shape index (κ1) is 12.8. The number of nitrogens with zero attached hydrogens (tertiary/aromatic N) is 2. The molecule has 4 heteroatoms. The number of rotatable bonds is 5. The summed E-state index contributed by atoms with van der Waals surface area (Å²) in [6, 6.07) is 2.36. The molecule has 4 nitrogen and oxygen atoms in total. The first-order valence-electron chi connectivity index (χ1n) is 5.65. The minimum atomic E-state index is 0.141. The average Bonchev–Trinajstić information content (AvgIpc) is 2.75. The predicted molar refractivity (Wildman–Crippen MR) is 65.2 cm³/mol. The summed E-state index contributed by atoms with van der Waals surface area (Å²) >= 11 is 0. The number of likely N-dealkylation sites (N-methyl/N-ethyl adjacent to an activating group) is 1. The summed E-state index contributed by atoms with van der Waals surface area (Å²) < 4.78 is 1.93. The molecule has 16 heavy (non-hydrogen) atoms. The molecule has 0 saturated carbocycles. The van der Waals surface area contributed by atoms with E-state index in [4.69, 9.17) is 0 Å². The zero-order valence-corrected chi connectivity index (χ0v) is 10.5. The van der Waals surface area contributed by atoms with Crippen molar-refractivity contribution in [3.05, 3.63) is 24.0 Å². The lowest BCUT2D eigenvalue weighted by molar-refractivity contribution is -0.130. The van der Waals surface area contributed by atoms with Crippen LogP contribution in [0.5, 0.6) is 0 Å². The van der Waals surface area contributed by atoms with Crippen LogP contribution < -0.4 is 5.32 Å². The molecule has 0 spiro atoms. The highest BCUT2D eigenvalue weighted by atomic mass is 16.2. The Labute approximate surface area is 97.2 Å². The molecule has 0 aliphatic rings. The molecule has 1 heterocycles. The summed E-state index contributed by atoms with van der Waals surface area (Å²) in [5.41, 5.74) is 1.20. The van der Waals surface area contributed by atoms with E-state index in [0.717, 1.165) is 6.54 Å². The summed E-state index contributed by atoms with van der Waals surface area (Å²) in [6.45, 7) is 5.24. The third kappa shape index (κ3) is 3.10. The fourth-order valence-electron chi connectivity index (χ4n) is 1.43. The van der Waals surface area contributed by atoms with Gasteiger partial charge in [0.25, 0.3) is 0 Å². The van der Waals surface area contributed by atoms with E-state index in [1.807, 2.05) is 44.0 Å². The Balaban J connectivity index is 2.62. The Kier molecular flexibility index (Phi) is 4.55. The van der Waals surface area contributed by atoms with Gasteiger partial charge < -0.3 is 14.8 Å². The van der Waals surface area contributed by atoms with Crippen molar-refractivity contribution in [1.29, 1.82) is 0 Å². The van der Waals surface area contributed by atoms with Crippen LogP contribution in [-0.2, 0) is 11.3 Å². The van der Waals surface area contributed by atoms with Gasteiger partial charge in [-0.05, 0) is 32.5 Å². The number of nitrogens with one attached hydrogen (secondary N) is 1. The highest BCUT2D eigenvalue weighted by Gasteiger charge is 2.09. The summed E-state index contributed by atoms with van der Waals surface area (Å²) in [5.74, 6) is 0.141. The van der Waals surface area contributed by atoms with E-state index in [0.29, 0.717) is 12.6 Å². The minimum absolute atomic E-state index is 0.141. The third-order valence-electron chi connectivity index (χ3n) is 2.92. The average molecular weight is 223 g/mol. The molecule has 1 aromatic heterocycles. The topological polar surface area (TPSA) is 37.3 Å². The van der Waals surface area contributed by atoms with Crippen LogP contribution in [0.15, 0.2) is 18.5 Å². The Hall–Kier alpha value is -1.29. The highest BCUT2D eigenvalue weighted by Crippen LogP contribution is 2.11. The second-order valence-electron chi connectivity index (χ2n) is 4.04. The SMILES string of the molecule is CCN(C)C(=O)Cn1ccc(C(C)NC)c1. The highest BCUT2D eigenvalue weighted by molar-refractivity contribution is 5.75. The lowest BCUT2D eigenvalue weighted by atomic mass is 10.2. The third-order valence-corrected chi connectivity index (χ3v) is 2.92. The summed E-state index contributed by atoms with van der Waals surface area (Å²) in [5, 5.41) is 3.17. The van der Waals surface area contributed by atoms with Crippen LogP contribution in [0.4, 0.5) is 0 Å². The van der Waals surface area contributed by atoms with E-state index < -0.39 is 0 Å². The van der Waals surface area contributed by atoms with E-state index in [2.05, 4.69) is 12.2 Å². The summed E-state index contributed by atoms with van der Waals surface area (Å²) in [6.07, 6.45) is 3.97. The van der Waals surface area contributed by atoms with Crippen LogP contribution in [0.2, 0.25) is 0 Å². The molecule has 1 rings (SSSR count). The van der Waals surface area contributed by atoms with Crippen molar-refractivity contribution in [2.75, 3.05) is 20.6 Å². The predicted octanol–water partition coefficient (Wildman–Crippen LogP) is 1.25. The lowest BCUT2D eigenvalue weighted by Crippen LogP contribution is -2.29. The van der Waals surface area contributed by atoms with Gasteiger partial charge in [0, 0.05) is 32.0 Å². The van der Waals surface area contributed by atoms with Gasteiger partial charge in [0.05, 0.1) is 0 Å². The fraction of sp³-hybridized carbons (Fsp3) is 0.583. The lowest BCUT2D eigenvalue weighted by Gasteiger charge is -2.14. The maximum atomic E-state index is 11.7. The summed E-state index contributed by atoms with van der Waals surface area (Å²) in [7, 11) is 3.75. The number of hydrogen-bond donors (Lipinski definition) is 1. The molecule has 0 aliphatic heterocycles. The van der Waals surface area contributed by atoms with Gasteiger partial charge in [0.1, 0.15) is 6.54 Å². The second-order valence-corrected chi connectivity index (χ2v) is 4.04. The Bertz CT molecular complexity index is 346. The van der Waals surface area contributed by atoms with Gasteiger partial charge in [-0.25, -0.2) is 0 Å². The van der Waals surface area contributed by atoms with Crippen molar-refractivity contribution in [1.82, 2.24) is 14.8 Å². The molecule has 0 bridgehead atoms. The van der Waals surface area contributed by atoms with E-state index in [9.17, 15) is 4.79 Å². The Morgan fingerprint density at radius 3 is 2.88 bits per heavy atom. The normalized spacial score (nSPS) is 12.5. The molecule has 0 fully saturated rings. The molecule has 1 N–H and O–H groups in total. The van der Waals surface area contributed by atoms with E-state index in [1.54, 1.807) is 4.90 Å². The standard InChI is InChI=1S/C12H21N3O/c1-5-14(4)12(16)9-15-7-6-11(8-15)10(2)13-3/h6-8,10,13H,5,9H2,1-4H3. The van der Waals surface area contributed by atoms with Gasteiger partial charge in [-0.3, -0.25) is 4.79 Å². The maximum Gasteiger partial charge on any atom is 0.242 e. The van der Waals surface area contributed by atoms with Gasteiger partial charge in [0.15, 0.2) is 0 Å². The van der Waals surface area contributed by atoms with Crippen molar-refractivity contribution in [3.63, 3.8) is 0 Å². The molecular weight excluding hydrogens is 202 g/mol. The Morgan fingerprint density at radius 2 is 2.31 bits per heavy atom. The minimum Gasteiger partial charge on any atom is -0.345 e. The molecule has 90 valence electrons. The first-order chi connectivity index (χ1) is 7.58. The van der Waals surface area contributed by atoms with Crippen LogP contribution in [-0.4, -0.2) is 36.0 Å². The number of aromatic nitrogens is 1. The molecule has 1 unspecified atom stereocenters. The first-order valence-corrected chi connectivity index (χ1v) is 5.65. The van der Waals surface area contributed by atoms with Crippen LogP contribution in [0.25, 0.3) is 0 Å². The van der Waals surface area contributed by atoms with Crippen LogP contribution in [0.3, 0.4) is 0 Å². The number of carbonyl (C=O) groups excluding carboxylic acids is 1. The molecule has 0 aliphatic carbocycles. The number of carbonyl (C=O) groups is 1. The molecule has 0 aromatic carbocycles. The number of hydrogen-bond acceptors (Lipinski definition) is 2. The zero-order chi connectivity index (χ0) is 12.1. The largest absolute Gasteiger partial charge is 0.345 e. The van der Waals surface area contributed by atoms with E-state index in [-0.39, 0.29) is 5.91 Å². The number of amides is 1. The van der Waals surface area contributed by atoms with Crippen LogP contribution in [0, 0.1) is 0 Å². The van der Waals surface area contributed by atoms with Crippen molar-refractivity contribution < 1.29 is 4.79 Å². The van der Waals surface area contributed by atoms with E-state index >= 15 is 0 Å². The van der Waals surface area contributed by atoms with Gasteiger partial charge in [-0.2, -0.15) is 0 Å². The smallest absolute Gasteiger partial charge is 0.242 e. The fourth-order valence-corrected chi connectivity index (χ4v) is 1.43. The zero-order valence-electron chi connectivity index (χ0n) is 10.5. The molecular formula is C12H21N3O. The van der Waals surface area contributed by atoms with Crippen molar-refractivity contribution in [3.8, 4) is 0 Å². The van der Waals surface area contributed by atoms with Gasteiger partial charge in [0.2, 0.25) is 5.91 Å². The maximum absolute atomic E-state index is 11.7. The van der Waals surface area contributed by atoms with E-state index in [1.165, 1.54) is 5.56 Å². The van der Waals surface area contributed by atoms with Gasteiger partial charge >= 0.3 is 0 Å². The Morgan fingerprint density at radius 1 is 1.62 bits per heavy atom. The van der Waals surface area contributed by atoms with Crippen molar-refractivity contribution in [2.24, 2.45) is 0 Å². The van der Waals surface area contributed by atoms with Gasteiger partial charge in [-0.1, -0.05) is 0 Å². The van der Waals surface area contributed by atoms with Crippen LogP contribution >= 0.6 is 0 Å². The second kappa shape index (κ2) is 5.70. The van der Waals surface area contributed by atoms with Crippen LogP contribution in [0.1, 0.15) is 25.5 Å². The monoisotopic (exact) mass is 223 g/mol. The molecule has 1 atom stereocenters. The molecule has 0 radical (unpaired) electrons. The van der Waals surface area contributed by atoms with Crippen molar-refractivity contribution >= 4 is 5.91 Å². The quantitative estimate of drug-likeness (QED) is 0.815. The molecule has 1 amide bonds. The molecule has 0 saturated heterocycles. The van der Waals surface area contributed by atoms with Gasteiger partial charge in [-0.15, -0.1) is 0 Å².